The molecule has 0 aliphatic carbocycles. The molecule has 130 valence electrons. The van der Waals surface area contributed by atoms with Gasteiger partial charge in [0.25, 0.3) is 0 Å². The van der Waals surface area contributed by atoms with Crippen LogP contribution >= 0.6 is 0 Å². The van der Waals surface area contributed by atoms with Crippen LogP contribution in [-0.2, 0) is 9.53 Å². The number of hydrogen-bond donors (Lipinski definition) is 2. The highest BCUT2D eigenvalue weighted by Crippen LogP contribution is 2.29. The number of benzene rings is 1. The zero-order valence-electron chi connectivity index (χ0n) is 14.0. The number of esters is 1. The van der Waals surface area contributed by atoms with Gasteiger partial charge in [0.2, 0.25) is 5.91 Å². The molecule has 0 bridgehead atoms. The molecule has 0 saturated heterocycles. The highest BCUT2D eigenvalue weighted by atomic mass is 19.1. The minimum atomic E-state index is -0.606. The van der Waals surface area contributed by atoms with Crippen molar-refractivity contribution in [2.45, 2.75) is 13.8 Å². The van der Waals surface area contributed by atoms with Crippen LogP contribution in [-0.4, -0.2) is 36.6 Å². The first-order valence-corrected chi connectivity index (χ1v) is 7.68. The van der Waals surface area contributed by atoms with Gasteiger partial charge in [0.15, 0.2) is 0 Å². The number of rotatable bonds is 6. The van der Waals surface area contributed by atoms with Gasteiger partial charge in [0.1, 0.15) is 11.4 Å². The summed E-state index contributed by atoms with van der Waals surface area (Å²) >= 11 is 0. The summed E-state index contributed by atoms with van der Waals surface area (Å²) in [5.74, 6) is 0.867. The van der Waals surface area contributed by atoms with E-state index < -0.39 is 11.8 Å². The minimum Gasteiger partial charge on any atom is -0.462 e. The second-order valence-corrected chi connectivity index (χ2v) is 5.22. The fourth-order valence-electron chi connectivity index (χ4n) is 2.37. The van der Waals surface area contributed by atoms with Crippen LogP contribution in [0.2, 0.25) is 0 Å². The highest BCUT2D eigenvalue weighted by Gasteiger charge is 2.18. The van der Waals surface area contributed by atoms with Gasteiger partial charge in [-0.3, -0.25) is 9.78 Å². The number of nitrogens with zero attached hydrogens (tertiary/aromatic N) is 1. The van der Waals surface area contributed by atoms with Gasteiger partial charge >= 0.3 is 5.97 Å². The molecule has 2 N–H and O–H groups in total. The number of nitrogens with one attached hydrogen (secondary N) is 2. The fraction of sp³-hybridized carbons (Fsp3) is 0.278. The Balaban J connectivity index is 2.47. The molecular weight excluding hydrogens is 325 g/mol. The SMILES string of the molecule is C#CCNC(=O)CNc1c(C(=O)OCC)cnc2c(C)cc(F)cc12. The first kappa shape index (κ1) is 18.2. The summed E-state index contributed by atoms with van der Waals surface area (Å²) < 4.78 is 18.9. The van der Waals surface area contributed by atoms with Crippen LogP contribution in [0, 0.1) is 25.1 Å². The third-order valence-corrected chi connectivity index (χ3v) is 3.44. The van der Waals surface area contributed by atoms with Gasteiger partial charge in [-0.1, -0.05) is 5.92 Å². The molecule has 1 heterocycles. The van der Waals surface area contributed by atoms with Crippen molar-refractivity contribution in [3.63, 3.8) is 0 Å². The van der Waals surface area contributed by atoms with Gasteiger partial charge in [-0.25, -0.2) is 9.18 Å². The highest BCUT2D eigenvalue weighted by molar-refractivity contribution is 6.06. The first-order valence-electron chi connectivity index (χ1n) is 7.68. The molecule has 6 nitrogen and oxygen atoms in total. The smallest absolute Gasteiger partial charge is 0.341 e. The van der Waals surface area contributed by atoms with Crippen LogP contribution < -0.4 is 10.6 Å². The average Bonchev–Trinajstić information content (AvgIpc) is 2.57. The molecular formula is C18H18FN3O3. The van der Waals surface area contributed by atoms with E-state index in [1.807, 2.05) is 0 Å². The van der Waals surface area contributed by atoms with E-state index in [1.165, 1.54) is 18.3 Å². The van der Waals surface area contributed by atoms with Gasteiger partial charge in [-0.15, -0.1) is 6.42 Å². The molecule has 0 spiro atoms. The predicted molar refractivity (Wildman–Crippen MR) is 92.7 cm³/mol. The fourth-order valence-corrected chi connectivity index (χ4v) is 2.37. The number of ether oxygens (including phenoxy) is 1. The number of aromatic nitrogens is 1. The largest absolute Gasteiger partial charge is 0.462 e. The molecule has 0 fully saturated rings. The van der Waals surface area contributed by atoms with Crippen LogP contribution in [0.3, 0.4) is 0 Å². The normalized spacial score (nSPS) is 10.2. The van der Waals surface area contributed by atoms with Crippen molar-refractivity contribution in [2.75, 3.05) is 25.0 Å². The number of hydrogen-bond acceptors (Lipinski definition) is 5. The Morgan fingerprint density at radius 2 is 2.16 bits per heavy atom. The third kappa shape index (κ3) is 4.23. The number of halogens is 1. The van der Waals surface area contributed by atoms with Crippen LogP contribution in [0.5, 0.6) is 0 Å². The quantitative estimate of drug-likeness (QED) is 0.620. The lowest BCUT2D eigenvalue weighted by atomic mass is 10.1. The van der Waals surface area contributed by atoms with E-state index in [-0.39, 0.29) is 31.2 Å². The van der Waals surface area contributed by atoms with Crippen molar-refractivity contribution in [1.29, 1.82) is 0 Å². The van der Waals surface area contributed by atoms with Crippen molar-refractivity contribution < 1.29 is 18.7 Å². The number of anilines is 1. The maximum Gasteiger partial charge on any atom is 0.341 e. The molecule has 1 aromatic carbocycles. The summed E-state index contributed by atoms with van der Waals surface area (Å²) in [4.78, 5) is 28.2. The Bertz CT molecular complexity index is 859. The number of carbonyl (C=O) groups is 2. The van der Waals surface area contributed by atoms with Crippen LogP contribution in [0.4, 0.5) is 10.1 Å². The summed E-state index contributed by atoms with van der Waals surface area (Å²) in [5.41, 5.74) is 1.57. The molecule has 0 aliphatic rings. The summed E-state index contributed by atoms with van der Waals surface area (Å²) in [7, 11) is 0. The lowest BCUT2D eigenvalue weighted by molar-refractivity contribution is -0.119. The van der Waals surface area contributed by atoms with Gasteiger partial charge in [-0.05, 0) is 31.5 Å². The van der Waals surface area contributed by atoms with E-state index in [2.05, 4.69) is 21.5 Å². The monoisotopic (exact) mass is 343 g/mol. The van der Waals surface area contributed by atoms with E-state index >= 15 is 0 Å². The maximum absolute atomic E-state index is 13.9. The Morgan fingerprint density at radius 1 is 1.40 bits per heavy atom. The number of carbonyl (C=O) groups excluding carboxylic acids is 2. The number of terminal acetylenes is 1. The second kappa shape index (κ2) is 8.11. The summed E-state index contributed by atoms with van der Waals surface area (Å²) in [6.07, 6.45) is 6.45. The molecule has 25 heavy (non-hydrogen) atoms. The van der Waals surface area contributed by atoms with Crippen molar-refractivity contribution in [2.24, 2.45) is 0 Å². The minimum absolute atomic E-state index is 0.0933. The summed E-state index contributed by atoms with van der Waals surface area (Å²) in [6.45, 7) is 3.53. The standard InChI is InChI=1S/C18H18FN3O3/c1-4-6-20-15(23)10-22-17-13-8-12(19)7-11(3)16(13)21-9-14(17)18(24)25-5-2/h1,7-9H,5-6,10H2,2-3H3,(H,20,23)(H,21,22). The molecule has 7 heteroatoms. The molecule has 1 amide bonds. The molecule has 0 unspecified atom stereocenters. The Hall–Kier alpha value is -3.14. The molecule has 2 aromatic rings. The van der Waals surface area contributed by atoms with E-state index in [1.54, 1.807) is 13.8 Å². The van der Waals surface area contributed by atoms with Gasteiger partial charge in [0, 0.05) is 11.6 Å². The van der Waals surface area contributed by atoms with Crippen LogP contribution in [0.1, 0.15) is 22.8 Å². The number of amides is 1. The Morgan fingerprint density at radius 3 is 2.84 bits per heavy atom. The lowest BCUT2D eigenvalue weighted by Gasteiger charge is -2.15. The zero-order chi connectivity index (χ0) is 18.4. The van der Waals surface area contributed by atoms with Gasteiger partial charge in [-0.2, -0.15) is 0 Å². The molecule has 0 radical (unpaired) electrons. The average molecular weight is 343 g/mol. The molecule has 2 rings (SSSR count). The van der Waals surface area contributed by atoms with E-state index in [0.717, 1.165) is 0 Å². The molecule has 0 saturated carbocycles. The third-order valence-electron chi connectivity index (χ3n) is 3.44. The van der Waals surface area contributed by atoms with Crippen molar-refractivity contribution in [3.05, 3.63) is 35.3 Å². The number of aryl methyl sites for hydroxylation is 1. The summed E-state index contributed by atoms with van der Waals surface area (Å²) in [5, 5.41) is 5.77. The second-order valence-electron chi connectivity index (χ2n) is 5.22. The number of pyridine rings is 1. The Kier molecular flexibility index (Phi) is 5.90. The predicted octanol–water partition coefficient (Wildman–Crippen LogP) is 2.02. The summed E-state index contributed by atoms with van der Waals surface area (Å²) in [6, 6.07) is 2.61. The van der Waals surface area contributed by atoms with Crippen molar-refractivity contribution in [1.82, 2.24) is 10.3 Å². The van der Waals surface area contributed by atoms with Crippen LogP contribution in [0.15, 0.2) is 18.3 Å². The van der Waals surface area contributed by atoms with E-state index in [9.17, 15) is 14.0 Å². The maximum atomic E-state index is 13.9. The number of fused-ring (bicyclic) bond motifs is 1. The molecule has 1 aromatic heterocycles. The molecule has 0 aliphatic heterocycles. The van der Waals surface area contributed by atoms with Gasteiger partial charge in [0.05, 0.1) is 30.9 Å². The topological polar surface area (TPSA) is 80.3 Å². The molecule has 0 atom stereocenters. The van der Waals surface area contributed by atoms with Crippen LogP contribution in [0.25, 0.3) is 10.9 Å². The first-order chi connectivity index (χ1) is 12.0. The van der Waals surface area contributed by atoms with Crippen molar-refractivity contribution in [3.8, 4) is 12.3 Å². The van der Waals surface area contributed by atoms with Crippen molar-refractivity contribution >= 4 is 28.5 Å². The van der Waals surface area contributed by atoms with E-state index in [0.29, 0.717) is 22.2 Å². The zero-order valence-corrected chi connectivity index (χ0v) is 14.0. The van der Waals surface area contributed by atoms with E-state index in [4.69, 9.17) is 11.2 Å². The Labute approximate surface area is 144 Å². The lowest BCUT2D eigenvalue weighted by Crippen LogP contribution is -2.30. The van der Waals surface area contributed by atoms with Gasteiger partial charge < -0.3 is 15.4 Å².